The Morgan fingerprint density at radius 2 is 2.08 bits per heavy atom. The van der Waals surface area contributed by atoms with Crippen molar-refractivity contribution in [3.05, 3.63) is 11.6 Å². The summed E-state index contributed by atoms with van der Waals surface area (Å²) < 4.78 is 7.96. The molecule has 0 spiro atoms. The summed E-state index contributed by atoms with van der Waals surface area (Å²) in [4.78, 5) is 4.28. The van der Waals surface area contributed by atoms with Gasteiger partial charge in [0.15, 0.2) is 5.96 Å². The maximum Gasteiger partial charge on any atom is 0.190 e. The van der Waals surface area contributed by atoms with Crippen LogP contribution in [-0.4, -0.2) is 54.1 Å². The second-order valence-corrected chi connectivity index (χ2v) is 7.04. The summed E-state index contributed by atoms with van der Waals surface area (Å²) in [6.45, 7) is 4.52. The minimum atomic E-state index is 0.815. The highest BCUT2D eigenvalue weighted by molar-refractivity contribution is 5.79. The Balaban J connectivity index is 1.30. The molecule has 2 aliphatic rings. The number of rotatable bonds is 9. The molecule has 7 nitrogen and oxygen atoms in total. The van der Waals surface area contributed by atoms with Crippen molar-refractivity contribution in [3.8, 4) is 0 Å². The minimum Gasteiger partial charge on any atom is -0.381 e. The number of ether oxygens (including phenoxy) is 1. The fourth-order valence-electron chi connectivity index (χ4n) is 3.16. The zero-order valence-electron chi connectivity index (χ0n) is 15.5. The summed E-state index contributed by atoms with van der Waals surface area (Å²) in [7, 11) is 1.81. The molecule has 7 heteroatoms. The number of nitrogens with one attached hydrogen (secondary N) is 2. The lowest BCUT2D eigenvalue weighted by Gasteiger charge is -2.12. The van der Waals surface area contributed by atoms with Crippen LogP contribution in [0.5, 0.6) is 0 Å². The summed E-state index contributed by atoms with van der Waals surface area (Å²) in [6, 6.07) is 0. The fraction of sp³-hybridized carbons (Fsp3) is 0.833. The minimum absolute atomic E-state index is 0.815. The zero-order chi connectivity index (χ0) is 17.3. The molecule has 140 valence electrons. The van der Waals surface area contributed by atoms with E-state index in [1.54, 1.807) is 0 Å². The van der Waals surface area contributed by atoms with Gasteiger partial charge in [0.1, 0.15) is 11.6 Å². The third kappa shape index (κ3) is 5.99. The number of nitrogens with zero attached hydrogens (tertiary/aromatic N) is 4. The van der Waals surface area contributed by atoms with Gasteiger partial charge in [-0.05, 0) is 38.0 Å². The fourth-order valence-corrected chi connectivity index (χ4v) is 3.16. The molecular weight excluding hydrogens is 316 g/mol. The molecule has 2 heterocycles. The van der Waals surface area contributed by atoms with Crippen molar-refractivity contribution in [1.29, 1.82) is 0 Å². The number of guanidine groups is 1. The highest BCUT2D eigenvalue weighted by atomic mass is 16.5. The van der Waals surface area contributed by atoms with Crippen LogP contribution in [0.25, 0.3) is 0 Å². The molecule has 1 aliphatic carbocycles. The normalized spacial score (nSPS) is 17.9. The Kier molecular flexibility index (Phi) is 7.09. The summed E-state index contributed by atoms with van der Waals surface area (Å²) in [5.74, 6) is 3.93. The van der Waals surface area contributed by atoms with E-state index in [1.165, 1.54) is 32.1 Å². The summed E-state index contributed by atoms with van der Waals surface area (Å²) in [5.41, 5.74) is 0. The summed E-state index contributed by atoms with van der Waals surface area (Å²) in [5, 5.41) is 15.4. The van der Waals surface area contributed by atoms with E-state index in [0.717, 1.165) is 75.6 Å². The molecule has 1 aromatic heterocycles. The molecule has 3 rings (SSSR count). The lowest BCUT2D eigenvalue weighted by Crippen LogP contribution is -2.39. The molecule has 25 heavy (non-hydrogen) atoms. The predicted octanol–water partition coefficient (Wildman–Crippen LogP) is 1.53. The third-order valence-electron chi connectivity index (χ3n) is 4.86. The van der Waals surface area contributed by atoms with E-state index in [9.17, 15) is 0 Å². The van der Waals surface area contributed by atoms with Gasteiger partial charge in [0.25, 0.3) is 0 Å². The van der Waals surface area contributed by atoms with Crippen molar-refractivity contribution in [2.45, 2.75) is 57.9 Å². The largest absolute Gasteiger partial charge is 0.381 e. The Hall–Kier alpha value is -1.63. The molecule has 0 radical (unpaired) electrons. The SMILES string of the molecule is CN=C(NCCCOCC1CC1)NCCc1nnc2n1CCCCC2. The first kappa shape index (κ1) is 18.2. The standard InChI is InChI=1S/C18H32N6O/c1-19-18(20-10-5-13-25-14-15-7-8-15)21-11-9-17-23-22-16-6-3-2-4-12-24(16)17/h15H,2-14H2,1H3,(H2,19,20,21). The van der Waals surface area contributed by atoms with Crippen molar-refractivity contribution >= 4 is 5.96 Å². The number of aryl methyl sites for hydroxylation is 1. The molecule has 1 fully saturated rings. The highest BCUT2D eigenvalue weighted by Gasteiger charge is 2.20. The lowest BCUT2D eigenvalue weighted by atomic mass is 10.2. The van der Waals surface area contributed by atoms with Crippen LogP contribution >= 0.6 is 0 Å². The number of aliphatic imine (C=N–C) groups is 1. The maximum absolute atomic E-state index is 5.65. The molecule has 1 aliphatic heterocycles. The van der Waals surface area contributed by atoms with Crippen LogP contribution in [0.2, 0.25) is 0 Å². The van der Waals surface area contributed by atoms with Crippen molar-refractivity contribution in [3.63, 3.8) is 0 Å². The van der Waals surface area contributed by atoms with E-state index >= 15 is 0 Å². The zero-order valence-corrected chi connectivity index (χ0v) is 15.5. The van der Waals surface area contributed by atoms with Crippen molar-refractivity contribution in [2.75, 3.05) is 33.4 Å². The quantitative estimate of drug-likeness (QED) is 0.402. The first-order valence-electron chi connectivity index (χ1n) is 9.80. The van der Waals surface area contributed by atoms with Gasteiger partial charge in [-0.3, -0.25) is 4.99 Å². The van der Waals surface area contributed by atoms with E-state index < -0.39 is 0 Å². The van der Waals surface area contributed by atoms with Crippen LogP contribution in [-0.2, 0) is 24.1 Å². The topological polar surface area (TPSA) is 76.4 Å². The molecular formula is C18H32N6O. The molecule has 2 N–H and O–H groups in total. The Morgan fingerprint density at radius 3 is 2.92 bits per heavy atom. The van der Waals surface area contributed by atoms with Gasteiger partial charge in [0, 0.05) is 52.7 Å². The van der Waals surface area contributed by atoms with Crippen molar-refractivity contribution in [2.24, 2.45) is 10.9 Å². The van der Waals surface area contributed by atoms with E-state index in [4.69, 9.17) is 4.74 Å². The van der Waals surface area contributed by atoms with Gasteiger partial charge in [-0.2, -0.15) is 0 Å². The Morgan fingerprint density at radius 1 is 1.20 bits per heavy atom. The van der Waals surface area contributed by atoms with Crippen LogP contribution in [0.4, 0.5) is 0 Å². The molecule has 1 saturated carbocycles. The third-order valence-corrected chi connectivity index (χ3v) is 4.86. The molecule has 0 atom stereocenters. The Bertz CT molecular complexity index is 552. The number of hydrogen-bond donors (Lipinski definition) is 2. The van der Waals surface area contributed by atoms with E-state index in [0.29, 0.717) is 0 Å². The summed E-state index contributed by atoms with van der Waals surface area (Å²) in [6.07, 6.45) is 9.40. The smallest absolute Gasteiger partial charge is 0.190 e. The maximum atomic E-state index is 5.65. The van der Waals surface area contributed by atoms with Crippen molar-refractivity contribution in [1.82, 2.24) is 25.4 Å². The van der Waals surface area contributed by atoms with Crippen LogP contribution in [0.3, 0.4) is 0 Å². The molecule has 1 aromatic rings. The predicted molar refractivity (Wildman–Crippen MR) is 98.8 cm³/mol. The average Bonchev–Trinajstić information content (AvgIpc) is 3.42. The van der Waals surface area contributed by atoms with Crippen LogP contribution < -0.4 is 10.6 Å². The number of hydrogen-bond acceptors (Lipinski definition) is 4. The van der Waals surface area contributed by atoms with Gasteiger partial charge in [0.05, 0.1) is 0 Å². The van der Waals surface area contributed by atoms with Crippen LogP contribution in [0.15, 0.2) is 4.99 Å². The van der Waals surface area contributed by atoms with Gasteiger partial charge in [0.2, 0.25) is 0 Å². The number of aromatic nitrogens is 3. The Labute approximate surface area is 150 Å². The first-order valence-corrected chi connectivity index (χ1v) is 9.80. The lowest BCUT2D eigenvalue weighted by molar-refractivity contribution is 0.123. The van der Waals surface area contributed by atoms with E-state index in [2.05, 4.69) is 30.4 Å². The summed E-state index contributed by atoms with van der Waals surface area (Å²) >= 11 is 0. The van der Waals surface area contributed by atoms with Gasteiger partial charge in [-0.15, -0.1) is 10.2 Å². The van der Waals surface area contributed by atoms with Gasteiger partial charge in [-0.1, -0.05) is 6.42 Å². The highest BCUT2D eigenvalue weighted by Crippen LogP contribution is 2.28. The number of fused-ring (bicyclic) bond motifs is 1. The van der Waals surface area contributed by atoms with Gasteiger partial charge in [-0.25, -0.2) is 0 Å². The van der Waals surface area contributed by atoms with E-state index in [-0.39, 0.29) is 0 Å². The second-order valence-electron chi connectivity index (χ2n) is 7.04. The second kappa shape index (κ2) is 9.75. The molecule has 0 bridgehead atoms. The van der Waals surface area contributed by atoms with Gasteiger partial charge < -0.3 is 19.9 Å². The van der Waals surface area contributed by atoms with Crippen molar-refractivity contribution < 1.29 is 4.74 Å². The average molecular weight is 348 g/mol. The first-order chi connectivity index (χ1) is 12.4. The monoisotopic (exact) mass is 348 g/mol. The van der Waals surface area contributed by atoms with E-state index in [1.807, 2.05) is 7.05 Å². The molecule has 0 saturated heterocycles. The van der Waals surface area contributed by atoms with Crippen LogP contribution in [0, 0.1) is 5.92 Å². The molecule has 0 unspecified atom stereocenters. The molecule has 0 amide bonds. The van der Waals surface area contributed by atoms with Gasteiger partial charge >= 0.3 is 0 Å². The van der Waals surface area contributed by atoms with Crippen LogP contribution in [0.1, 0.15) is 50.2 Å². The molecule has 0 aromatic carbocycles.